The molecule has 0 heterocycles. The summed E-state index contributed by atoms with van der Waals surface area (Å²) in [6.07, 6.45) is -0.639. The van der Waals surface area contributed by atoms with Gasteiger partial charge in [0.05, 0.1) is 7.11 Å². The van der Waals surface area contributed by atoms with Crippen molar-refractivity contribution in [3.63, 3.8) is 0 Å². The lowest BCUT2D eigenvalue weighted by Gasteiger charge is -2.17. The second-order valence-electron chi connectivity index (χ2n) is 4.91. The zero-order valence-corrected chi connectivity index (χ0v) is 14.3. The molecule has 0 spiro atoms. The molecule has 116 valence electrons. The largest absolute Gasteiger partial charge is 0.493 e. The molecule has 0 aliphatic heterocycles. The molecular formula is C17H18BrNO3. The van der Waals surface area contributed by atoms with Gasteiger partial charge in [0.1, 0.15) is 0 Å². The van der Waals surface area contributed by atoms with Crippen molar-refractivity contribution in [1.82, 2.24) is 0 Å². The van der Waals surface area contributed by atoms with Crippen LogP contribution >= 0.6 is 15.9 Å². The van der Waals surface area contributed by atoms with Crippen molar-refractivity contribution >= 4 is 27.5 Å². The molecular weight excluding hydrogens is 346 g/mol. The maximum absolute atomic E-state index is 12.2. The van der Waals surface area contributed by atoms with Crippen LogP contribution in [0.15, 0.2) is 46.9 Å². The zero-order valence-electron chi connectivity index (χ0n) is 12.7. The van der Waals surface area contributed by atoms with Crippen LogP contribution in [-0.4, -0.2) is 19.1 Å². The molecule has 2 rings (SSSR count). The Hall–Kier alpha value is -2.01. The fourth-order valence-electron chi connectivity index (χ4n) is 1.89. The number of aryl methyl sites for hydroxylation is 1. The van der Waals surface area contributed by atoms with Gasteiger partial charge >= 0.3 is 0 Å². The summed E-state index contributed by atoms with van der Waals surface area (Å²) in [6.45, 7) is 3.67. The topological polar surface area (TPSA) is 47.6 Å². The van der Waals surface area contributed by atoms with Crippen LogP contribution in [0.25, 0.3) is 0 Å². The molecule has 0 fully saturated rings. The molecule has 0 aromatic heterocycles. The van der Waals surface area contributed by atoms with Crippen molar-refractivity contribution in [2.45, 2.75) is 20.0 Å². The molecule has 4 nitrogen and oxygen atoms in total. The molecule has 2 aromatic carbocycles. The number of hydrogen-bond acceptors (Lipinski definition) is 3. The van der Waals surface area contributed by atoms with E-state index in [1.54, 1.807) is 20.1 Å². The van der Waals surface area contributed by atoms with E-state index < -0.39 is 6.10 Å². The summed E-state index contributed by atoms with van der Waals surface area (Å²) < 4.78 is 11.9. The fraction of sp³-hybridized carbons (Fsp3) is 0.235. The standard InChI is InChI=1S/C17H18BrNO3/c1-11-4-9-15(16(10-11)21-3)22-12(2)17(20)19-14-7-5-13(18)6-8-14/h4-10,12H,1-3H3,(H,19,20)/t12-/m0/s1. The van der Waals surface area contributed by atoms with E-state index in [1.807, 2.05) is 43.3 Å². The third-order valence-electron chi connectivity index (χ3n) is 3.10. The number of carbonyl (C=O) groups excluding carboxylic acids is 1. The average Bonchev–Trinajstić information content (AvgIpc) is 2.51. The Morgan fingerprint density at radius 3 is 2.45 bits per heavy atom. The summed E-state index contributed by atoms with van der Waals surface area (Å²) in [5.41, 5.74) is 1.79. The molecule has 5 heteroatoms. The SMILES string of the molecule is COc1cc(C)ccc1O[C@@H](C)C(=O)Nc1ccc(Br)cc1. The summed E-state index contributed by atoms with van der Waals surface area (Å²) in [4.78, 5) is 12.2. The number of nitrogens with one attached hydrogen (secondary N) is 1. The van der Waals surface area contributed by atoms with Gasteiger partial charge in [0, 0.05) is 10.2 Å². The molecule has 0 unspecified atom stereocenters. The first-order valence-electron chi connectivity index (χ1n) is 6.87. The van der Waals surface area contributed by atoms with Crippen molar-refractivity contribution in [2.75, 3.05) is 12.4 Å². The van der Waals surface area contributed by atoms with E-state index in [2.05, 4.69) is 21.2 Å². The summed E-state index contributed by atoms with van der Waals surface area (Å²) in [5.74, 6) is 0.944. The van der Waals surface area contributed by atoms with E-state index in [0.717, 1.165) is 15.7 Å². The molecule has 0 aliphatic rings. The highest BCUT2D eigenvalue weighted by atomic mass is 79.9. The summed E-state index contributed by atoms with van der Waals surface area (Å²) in [6, 6.07) is 13.0. The molecule has 2 aromatic rings. The fourth-order valence-corrected chi connectivity index (χ4v) is 2.16. The van der Waals surface area contributed by atoms with Gasteiger partial charge in [0.15, 0.2) is 17.6 Å². The van der Waals surface area contributed by atoms with E-state index in [-0.39, 0.29) is 5.91 Å². The van der Waals surface area contributed by atoms with Gasteiger partial charge in [-0.05, 0) is 55.8 Å². The number of amides is 1. The maximum Gasteiger partial charge on any atom is 0.265 e. The van der Waals surface area contributed by atoms with E-state index in [4.69, 9.17) is 9.47 Å². The average molecular weight is 364 g/mol. The predicted molar refractivity (Wildman–Crippen MR) is 90.6 cm³/mol. The number of carbonyl (C=O) groups is 1. The normalized spacial score (nSPS) is 11.6. The molecule has 0 saturated heterocycles. The number of ether oxygens (including phenoxy) is 2. The van der Waals surface area contributed by atoms with Gasteiger partial charge in [-0.15, -0.1) is 0 Å². The van der Waals surface area contributed by atoms with Crippen LogP contribution in [0, 0.1) is 6.92 Å². The Balaban J connectivity index is 2.03. The third kappa shape index (κ3) is 4.24. The molecule has 0 saturated carbocycles. The van der Waals surface area contributed by atoms with Crippen molar-refractivity contribution in [3.05, 3.63) is 52.5 Å². The molecule has 0 bridgehead atoms. The second-order valence-corrected chi connectivity index (χ2v) is 5.83. The summed E-state index contributed by atoms with van der Waals surface area (Å²) in [5, 5.41) is 2.81. The van der Waals surface area contributed by atoms with Crippen LogP contribution in [0.2, 0.25) is 0 Å². The maximum atomic E-state index is 12.2. The van der Waals surface area contributed by atoms with E-state index in [9.17, 15) is 4.79 Å². The van der Waals surface area contributed by atoms with Crippen molar-refractivity contribution in [2.24, 2.45) is 0 Å². The van der Waals surface area contributed by atoms with Crippen LogP contribution in [0.1, 0.15) is 12.5 Å². The van der Waals surface area contributed by atoms with Crippen LogP contribution < -0.4 is 14.8 Å². The van der Waals surface area contributed by atoms with Gasteiger partial charge < -0.3 is 14.8 Å². The van der Waals surface area contributed by atoms with Crippen LogP contribution in [0.5, 0.6) is 11.5 Å². The first kappa shape index (κ1) is 16.4. The number of hydrogen-bond donors (Lipinski definition) is 1. The van der Waals surface area contributed by atoms with Crippen molar-refractivity contribution in [1.29, 1.82) is 0 Å². The highest BCUT2D eigenvalue weighted by Gasteiger charge is 2.17. The van der Waals surface area contributed by atoms with E-state index in [1.165, 1.54) is 0 Å². The highest BCUT2D eigenvalue weighted by Crippen LogP contribution is 2.28. The summed E-state index contributed by atoms with van der Waals surface area (Å²) in [7, 11) is 1.58. The summed E-state index contributed by atoms with van der Waals surface area (Å²) >= 11 is 3.36. The monoisotopic (exact) mass is 363 g/mol. The molecule has 1 amide bonds. The van der Waals surface area contributed by atoms with Gasteiger partial charge in [-0.25, -0.2) is 0 Å². The van der Waals surface area contributed by atoms with Gasteiger partial charge in [0.2, 0.25) is 0 Å². The minimum absolute atomic E-state index is 0.218. The van der Waals surface area contributed by atoms with E-state index in [0.29, 0.717) is 11.5 Å². The number of benzene rings is 2. The van der Waals surface area contributed by atoms with Crippen molar-refractivity contribution < 1.29 is 14.3 Å². The Labute approximate surface area is 138 Å². The predicted octanol–water partition coefficient (Wildman–Crippen LogP) is 4.17. The molecule has 0 aliphatic carbocycles. The Kier molecular flexibility index (Phi) is 5.44. The highest BCUT2D eigenvalue weighted by molar-refractivity contribution is 9.10. The van der Waals surface area contributed by atoms with E-state index >= 15 is 0 Å². The molecule has 1 N–H and O–H groups in total. The Bertz CT molecular complexity index is 655. The molecule has 22 heavy (non-hydrogen) atoms. The first-order chi connectivity index (χ1) is 10.5. The Morgan fingerprint density at radius 1 is 1.14 bits per heavy atom. The minimum Gasteiger partial charge on any atom is -0.493 e. The van der Waals surface area contributed by atoms with Gasteiger partial charge in [-0.2, -0.15) is 0 Å². The second kappa shape index (κ2) is 7.31. The smallest absolute Gasteiger partial charge is 0.265 e. The van der Waals surface area contributed by atoms with Crippen molar-refractivity contribution in [3.8, 4) is 11.5 Å². The van der Waals surface area contributed by atoms with Crippen LogP contribution in [-0.2, 0) is 4.79 Å². The Morgan fingerprint density at radius 2 is 1.82 bits per heavy atom. The lowest BCUT2D eigenvalue weighted by molar-refractivity contribution is -0.122. The lowest BCUT2D eigenvalue weighted by Crippen LogP contribution is -2.30. The van der Waals surface area contributed by atoms with Gasteiger partial charge in [0.25, 0.3) is 5.91 Å². The van der Waals surface area contributed by atoms with Gasteiger partial charge in [-0.3, -0.25) is 4.79 Å². The number of rotatable bonds is 5. The first-order valence-corrected chi connectivity index (χ1v) is 7.66. The molecule has 1 atom stereocenters. The third-order valence-corrected chi connectivity index (χ3v) is 3.63. The number of anilines is 1. The lowest BCUT2D eigenvalue weighted by atomic mass is 10.2. The van der Waals surface area contributed by atoms with Gasteiger partial charge in [-0.1, -0.05) is 22.0 Å². The number of halogens is 1. The molecule has 0 radical (unpaired) electrons. The number of methoxy groups -OCH3 is 1. The van der Waals surface area contributed by atoms with Crippen LogP contribution in [0.4, 0.5) is 5.69 Å². The van der Waals surface area contributed by atoms with Crippen LogP contribution in [0.3, 0.4) is 0 Å². The minimum atomic E-state index is -0.639. The quantitative estimate of drug-likeness (QED) is 0.866. The zero-order chi connectivity index (χ0) is 16.1.